The Morgan fingerprint density at radius 1 is 1.26 bits per heavy atom. The minimum atomic E-state index is -0.917. The summed E-state index contributed by atoms with van der Waals surface area (Å²) < 4.78 is 0.888. The summed E-state index contributed by atoms with van der Waals surface area (Å²) in [6, 6.07) is 4.93. The molecule has 122 valence electrons. The van der Waals surface area contributed by atoms with E-state index in [1.54, 1.807) is 6.20 Å². The highest BCUT2D eigenvalue weighted by molar-refractivity contribution is 9.10. The van der Waals surface area contributed by atoms with Gasteiger partial charge in [0.05, 0.1) is 5.92 Å². The molecule has 0 unspecified atom stereocenters. The fraction of sp³-hybridized carbons (Fsp3) is 0.375. The van der Waals surface area contributed by atoms with Crippen LogP contribution in [-0.4, -0.2) is 45.1 Å². The SMILES string of the molecule is O=C(O)C1CCN([C@@H](C(=O)O)c2c[nH]c3ccc(Br)cc23)CC1. The lowest BCUT2D eigenvalue weighted by molar-refractivity contribution is -0.146. The first-order valence-corrected chi connectivity index (χ1v) is 8.23. The molecule has 1 saturated heterocycles. The molecule has 0 spiro atoms. The number of aromatic nitrogens is 1. The van der Waals surface area contributed by atoms with E-state index < -0.39 is 18.0 Å². The second-order valence-electron chi connectivity index (χ2n) is 5.82. The minimum absolute atomic E-state index is 0.377. The van der Waals surface area contributed by atoms with Crippen molar-refractivity contribution in [2.45, 2.75) is 18.9 Å². The smallest absolute Gasteiger partial charge is 0.325 e. The fourth-order valence-electron chi connectivity index (χ4n) is 3.23. The average Bonchev–Trinajstić information content (AvgIpc) is 2.91. The minimum Gasteiger partial charge on any atom is -0.481 e. The molecule has 2 aromatic rings. The zero-order valence-corrected chi connectivity index (χ0v) is 13.9. The summed E-state index contributed by atoms with van der Waals surface area (Å²) in [6.07, 6.45) is 2.69. The first-order chi connectivity index (χ1) is 11.0. The van der Waals surface area contributed by atoms with Gasteiger partial charge in [0.2, 0.25) is 0 Å². The molecule has 0 aliphatic carbocycles. The largest absolute Gasteiger partial charge is 0.481 e. The van der Waals surface area contributed by atoms with E-state index in [2.05, 4.69) is 20.9 Å². The van der Waals surface area contributed by atoms with Crippen LogP contribution in [0.4, 0.5) is 0 Å². The number of hydrogen-bond acceptors (Lipinski definition) is 3. The van der Waals surface area contributed by atoms with E-state index in [-0.39, 0.29) is 5.92 Å². The molecule has 6 nitrogen and oxygen atoms in total. The van der Waals surface area contributed by atoms with E-state index >= 15 is 0 Å². The second-order valence-corrected chi connectivity index (χ2v) is 6.74. The predicted molar refractivity (Wildman–Crippen MR) is 88.3 cm³/mol. The van der Waals surface area contributed by atoms with Gasteiger partial charge in [0.15, 0.2) is 0 Å². The van der Waals surface area contributed by atoms with E-state index in [1.807, 2.05) is 23.1 Å². The molecule has 7 heteroatoms. The highest BCUT2D eigenvalue weighted by Crippen LogP contribution is 2.33. The van der Waals surface area contributed by atoms with Crippen molar-refractivity contribution in [1.82, 2.24) is 9.88 Å². The zero-order chi connectivity index (χ0) is 16.6. The van der Waals surface area contributed by atoms with Crippen LogP contribution in [0.25, 0.3) is 10.9 Å². The summed E-state index contributed by atoms with van der Waals surface area (Å²) in [4.78, 5) is 27.9. The highest BCUT2D eigenvalue weighted by atomic mass is 79.9. The number of aliphatic carboxylic acids is 2. The Morgan fingerprint density at radius 3 is 2.57 bits per heavy atom. The Kier molecular flexibility index (Phi) is 4.41. The van der Waals surface area contributed by atoms with Crippen LogP contribution in [0.1, 0.15) is 24.4 Å². The summed E-state index contributed by atoms with van der Waals surface area (Å²) in [7, 11) is 0. The molecular formula is C16H17BrN2O4. The Labute approximate surface area is 141 Å². The Balaban J connectivity index is 1.91. The lowest BCUT2D eigenvalue weighted by atomic mass is 9.94. The molecular weight excluding hydrogens is 364 g/mol. The topological polar surface area (TPSA) is 93.6 Å². The molecule has 0 bridgehead atoms. The van der Waals surface area contributed by atoms with Crippen LogP contribution < -0.4 is 0 Å². The van der Waals surface area contributed by atoms with Crippen LogP contribution in [0.2, 0.25) is 0 Å². The number of halogens is 1. The van der Waals surface area contributed by atoms with Gasteiger partial charge in [-0.15, -0.1) is 0 Å². The molecule has 0 amide bonds. The predicted octanol–water partition coefficient (Wildman–Crippen LogP) is 2.85. The van der Waals surface area contributed by atoms with Crippen LogP contribution in [0.5, 0.6) is 0 Å². The number of benzene rings is 1. The highest BCUT2D eigenvalue weighted by Gasteiger charge is 2.34. The van der Waals surface area contributed by atoms with Crippen LogP contribution >= 0.6 is 15.9 Å². The average molecular weight is 381 g/mol. The molecule has 1 aromatic carbocycles. The first kappa shape index (κ1) is 16.0. The van der Waals surface area contributed by atoms with E-state index in [1.165, 1.54) is 0 Å². The van der Waals surface area contributed by atoms with E-state index in [0.717, 1.165) is 15.4 Å². The molecule has 23 heavy (non-hydrogen) atoms. The van der Waals surface area contributed by atoms with E-state index in [4.69, 9.17) is 5.11 Å². The van der Waals surface area contributed by atoms with Gasteiger partial charge >= 0.3 is 11.9 Å². The lowest BCUT2D eigenvalue weighted by Crippen LogP contribution is -2.41. The molecule has 1 aromatic heterocycles. The molecule has 1 aliphatic heterocycles. The van der Waals surface area contributed by atoms with Gasteiger partial charge in [0.25, 0.3) is 0 Å². The van der Waals surface area contributed by atoms with Crippen molar-refractivity contribution < 1.29 is 19.8 Å². The summed E-state index contributed by atoms with van der Waals surface area (Å²) in [6.45, 7) is 0.934. The quantitative estimate of drug-likeness (QED) is 0.757. The maximum atomic E-state index is 11.9. The molecule has 0 radical (unpaired) electrons. The molecule has 3 N–H and O–H groups in total. The van der Waals surface area contributed by atoms with Crippen LogP contribution in [0.3, 0.4) is 0 Å². The van der Waals surface area contributed by atoms with Gasteiger partial charge in [-0.1, -0.05) is 15.9 Å². The maximum Gasteiger partial charge on any atom is 0.325 e. The third-order valence-corrected chi connectivity index (χ3v) is 4.94. The van der Waals surface area contributed by atoms with Gasteiger partial charge in [-0.25, -0.2) is 0 Å². The van der Waals surface area contributed by atoms with Crippen LogP contribution in [0, 0.1) is 5.92 Å². The summed E-state index contributed by atoms with van der Waals surface area (Å²) in [5.41, 5.74) is 1.59. The van der Waals surface area contributed by atoms with Crippen LogP contribution in [0.15, 0.2) is 28.9 Å². The van der Waals surface area contributed by atoms with Crippen molar-refractivity contribution in [2.24, 2.45) is 5.92 Å². The third kappa shape index (κ3) is 3.11. The number of carboxylic acids is 2. The Morgan fingerprint density at radius 2 is 1.96 bits per heavy atom. The molecule has 0 saturated carbocycles. The number of piperidine rings is 1. The van der Waals surface area contributed by atoms with Crippen molar-refractivity contribution >= 4 is 38.8 Å². The molecule has 1 fully saturated rings. The Hall–Kier alpha value is -1.86. The summed E-state index contributed by atoms with van der Waals surface area (Å²) in [5.74, 6) is -2.09. The summed E-state index contributed by atoms with van der Waals surface area (Å²) >= 11 is 3.42. The van der Waals surface area contributed by atoms with Gasteiger partial charge in [0, 0.05) is 40.2 Å². The third-order valence-electron chi connectivity index (χ3n) is 4.45. The van der Waals surface area contributed by atoms with Crippen molar-refractivity contribution in [3.8, 4) is 0 Å². The van der Waals surface area contributed by atoms with Crippen molar-refractivity contribution in [2.75, 3.05) is 13.1 Å². The molecule has 2 heterocycles. The van der Waals surface area contributed by atoms with Crippen molar-refractivity contribution in [3.63, 3.8) is 0 Å². The van der Waals surface area contributed by atoms with Crippen LogP contribution in [-0.2, 0) is 9.59 Å². The van der Waals surface area contributed by atoms with Gasteiger partial charge in [0.1, 0.15) is 6.04 Å². The number of rotatable bonds is 4. The van der Waals surface area contributed by atoms with Gasteiger partial charge in [-0.2, -0.15) is 0 Å². The fourth-order valence-corrected chi connectivity index (χ4v) is 3.59. The number of likely N-dealkylation sites (tertiary alicyclic amines) is 1. The summed E-state index contributed by atoms with van der Waals surface area (Å²) in [5, 5.41) is 19.7. The first-order valence-electron chi connectivity index (χ1n) is 7.43. The molecule has 1 aliphatic rings. The number of fused-ring (bicyclic) bond motifs is 1. The number of carboxylic acid groups (broad SMARTS) is 2. The number of aromatic amines is 1. The van der Waals surface area contributed by atoms with E-state index in [9.17, 15) is 14.7 Å². The number of H-pyrrole nitrogens is 1. The second kappa shape index (κ2) is 6.33. The monoisotopic (exact) mass is 380 g/mol. The van der Waals surface area contributed by atoms with Gasteiger partial charge < -0.3 is 15.2 Å². The Bertz CT molecular complexity index is 750. The lowest BCUT2D eigenvalue weighted by Gasteiger charge is -2.34. The van der Waals surface area contributed by atoms with Crippen molar-refractivity contribution in [1.29, 1.82) is 0 Å². The number of nitrogens with zero attached hydrogens (tertiary/aromatic N) is 1. The maximum absolute atomic E-state index is 11.9. The number of nitrogens with one attached hydrogen (secondary N) is 1. The molecule has 3 rings (SSSR count). The van der Waals surface area contributed by atoms with Gasteiger partial charge in [-0.05, 0) is 31.0 Å². The van der Waals surface area contributed by atoms with Gasteiger partial charge in [-0.3, -0.25) is 14.5 Å². The van der Waals surface area contributed by atoms with E-state index in [0.29, 0.717) is 31.5 Å². The normalized spacial score (nSPS) is 18.1. The zero-order valence-electron chi connectivity index (χ0n) is 12.3. The number of carbonyl (C=O) groups is 2. The standard InChI is InChI=1S/C16H17BrN2O4/c17-10-1-2-13-11(7-10)12(8-18-13)14(16(22)23)19-5-3-9(4-6-19)15(20)21/h1-2,7-9,14,18H,3-6H2,(H,20,21)(H,22,23)/t14-/m1/s1. The number of hydrogen-bond donors (Lipinski definition) is 3. The molecule has 1 atom stereocenters. The van der Waals surface area contributed by atoms with Crippen molar-refractivity contribution in [3.05, 3.63) is 34.4 Å².